The summed E-state index contributed by atoms with van der Waals surface area (Å²) in [4.78, 5) is 0. The lowest BCUT2D eigenvalue weighted by Gasteiger charge is -2.19. The Kier molecular flexibility index (Phi) is 9.44. The van der Waals surface area contributed by atoms with Gasteiger partial charge < -0.3 is 31.6 Å². The van der Waals surface area contributed by atoms with Gasteiger partial charge in [0.25, 0.3) is 0 Å². The molecule has 0 amide bonds. The molecule has 0 aliphatic carbocycles. The van der Waals surface area contributed by atoms with Crippen LogP contribution in [0.25, 0.3) is 22.3 Å². The van der Waals surface area contributed by atoms with Gasteiger partial charge in [0.2, 0.25) is 0 Å². The number of hydrogen-bond donors (Lipinski definition) is 6. The van der Waals surface area contributed by atoms with Crippen molar-refractivity contribution in [2.24, 2.45) is 11.5 Å². The molecular formula is C26H30F2N6O2. The molecule has 0 unspecified atom stereocenters. The molecule has 0 spiro atoms. The average molecular weight is 497 g/mol. The second-order valence-corrected chi connectivity index (χ2v) is 7.95. The molecular weight excluding hydrogens is 466 g/mol. The quantitative estimate of drug-likeness (QED) is 0.128. The Hall–Kier alpha value is -4.34. The van der Waals surface area contributed by atoms with Gasteiger partial charge in [-0.25, -0.2) is 8.78 Å². The summed E-state index contributed by atoms with van der Waals surface area (Å²) >= 11 is 0. The van der Waals surface area contributed by atoms with Gasteiger partial charge in [-0.3, -0.25) is 10.8 Å². The largest absolute Gasteiger partial charge is 0.493 e. The standard InChI is InChI=1S/C26H30F2N6O2/c27-19-7-1-5-17(13-19)21-15-22(18-6-2-8-20(28)14-18)24(36-12-4-10-34-26(31)32)16-23(21)35-11-3-9-33-25(29)30/h1-2,5-8,13-16H,3-4,9-12H2,(H4,29,30,33)(H4,31,32,34). The molecule has 0 saturated heterocycles. The van der Waals surface area contributed by atoms with Gasteiger partial charge in [-0.15, -0.1) is 0 Å². The number of nitrogens with one attached hydrogen (secondary N) is 4. The molecule has 3 rings (SSSR count). The van der Waals surface area contributed by atoms with E-state index in [1.807, 2.05) is 0 Å². The maximum absolute atomic E-state index is 14.1. The smallest absolute Gasteiger partial charge is 0.185 e. The maximum atomic E-state index is 14.1. The summed E-state index contributed by atoms with van der Waals surface area (Å²) in [5.41, 5.74) is 13.1. The maximum Gasteiger partial charge on any atom is 0.185 e. The van der Waals surface area contributed by atoms with Crippen molar-refractivity contribution in [1.82, 2.24) is 10.6 Å². The van der Waals surface area contributed by atoms with E-state index in [4.69, 9.17) is 31.8 Å². The summed E-state index contributed by atoms with van der Waals surface area (Å²) < 4.78 is 40.2. The normalized spacial score (nSPS) is 10.5. The molecule has 190 valence electrons. The van der Waals surface area contributed by atoms with Crippen LogP contribution in [0.4, 0.5) is 8.78 Å². The van der Waals surface area contributed by atoms with E-state index >= 15 is 0 Å². The van der Waals surface area contributed by atoms with E-state index in [1.54, 1.807) is 36.4 Å². The topological polar surface area (TPSA) is 142 Å². The monoisotopic (exact) mass is 496 g/mol. The molecule has 0 bridgehead atoms. The van der Waals surface area contributed by atoms with Crippen molar-refractivity contribution < 1.29 is 18.3 Å². The van der Waals surface area contributed by atoms with Crippen LogP contribution in [0.2, 0.25) is 0 Å². The summed E-state index contributed by atoms with van der Waals surface area (Å²) in [6.45, 7) is 1.53. The first kappa shape index (κ1) is 26.3. The molecule has 0 atom stereocenters. The van der Waals surface area contributed by atoms with Crippen molar-refractivity contribution in [1.29, 1.82) is 10.8 Å². The van der Waals surface area contributed by atoms with Crippen LogP contribution in [-0.4, -0.2) is 38.2 Å². The van der Waals surface area contributed by atoms with Crippen LogP contribution >= 0.6 is 0 Å². The van der Waals surface area contributed by atoms with E-state index in [0.29, 0.717) is 72.9 Å². The average Bonchev–Trinajstić information content (AvgIpc) is 2.83. The lowest BCUT2D eigenvalue weighted by Crippen LogP contribution is -2.31. The molecule has 0 aliphatic heterocycles. The SMILES string of the molecule is N=C(N)NCCCOc1cc(OCCCNC(=N)N)c(-c2cccc(F)c2)cc1-c1cccc(F)c1. The minimum atomic E-state index is -0.394. The highest BCUT2D eigenvalue weighted by molar-refractivity contribution is 5.82. The van der Waals surface area contributed by atoms with Crippen molar-refractivity contribution in [2.75, 3.05) is 26.3 Å². The van der Waals surface area contributed by atoms with Gasteiger partial charge in [-0.1, -0.05) is 24.3 Å². The fourth-order valence-corrected chi connectivity index (χ4v) is 3.52. The second kappa shape index (κ2) is 12.9. The van der Waals surface area contributed by atoms with Crippen LogP contribution < -0.4 is 31.6 Å². The number of rotatable bonds is 12. The number of nitrogens with two attached hydrogens (primary N) is 2. The number of ether oxygens (including phenoxy) is 2. The zero-order valence-electron chi connectivity index (χ0n) is 19.7. The fourth-order valence-electron chi connectivity index (χ4n) is 3.52. The van der Waals surface area contributed by atoms with Gasteiger partial charge in [0.05, 0.1) is 13.2 Å². The first-order valence-electron chi connectivity index (χ1n) is 11.4. The van der Waals surface area contributed by atoms with Crippen LogP contribution in [0.3, 0.4) is 0 Å². The Labute approximate surface area is 208 Å². The lowest BCUT2D eigenvalue weighted by atomic mass is 9.97. The minimum Gasteiger partial charge on any atom is -0.493 e. The molecule has 8 N–H and O–H groups in total. The Balaban J connectivity index is 1.97. The predicted octanol–water partition coefficient (Wildman–Crippen LogP) is 3.80. The third kappa shape index (κ3) is 7.86. The highest BCUT2D eigenvalue weighted by atomic mass is 19.1. The van der Waals surface area contributed by atoms with Gasteiger partial charge in [0, 0.05) is 30.3 Å². The first-order chi connectivity index (χ1) is 17.3. The Bertz CT molecular complexity index is 1120. The molecule has 0 radical (unpaired) electrons. The van der Waals surface area contributed by atoms with Crippen molar-refractivity contribution >= 4 is 11.9 Å². The van der Waals surface area contributed by atoms with Crippen molar-refractivity contribution in [3.8, 4) is 33.8 Å². The minimum absolute atomic E-state index is 0.121. The van der Waals surface area contributed by atoms with E-state index in [9.17, 15) is 8.78 Å². The van der Waals surface area contributed by atoms with Crippen LogP contribution in [-0.2, 0) is 0 Å². The van der Waals surface area contributed by atoms with Crippen LogP contribution in [0, 0.1) is 22.5 Å². The molecule has 0 aromatic heterocycles. The lowest BCUT2D eigenvalue weighted by molar-refractivity contribution is 0.297. The highest BCUT2D eigenvalue weighted by Gasteiger charge is 2.16. The highest BCUT2D eigenvalue weighted by Crippen LogP contribution is 2.41. The number of guanidine groups is 2. The molecule has 0 heterocycles. The summed E-state index contributed by atoms with van der Waals surface area (Å²) in [6.07, 6.45) is 1.14. The summed E-state index contributed by atoms with van der Waals surface area (Å²) in [5, 5.41) is 19.9. The second-order valence-electron chi connectivity index (χ2n) is 7.95. The van der Waals surface area contributed by atoms with Gasteiger partial charge in [-0.05, 0) is 54.3 Å². The zero-order chi connectivity index (χ0) is 25.9. The Morgan fingerprint density at radius 3 is 1.53 bits per heavy atom. The number of benzene rings is 3. The summed E-state index contributed by atoms with van der Waals surface area (Å²) in [6, 6.07) is 15.8. The van der Waals surface area contributed by atoms with E-state index in [0.717, 1.165) is 0 Å². The number of halogens is 2. The van der Waals surface area contributed by atoms with Crippen molar-refractivity contribution in [3.63, 3.8) is 0 Å². The molecule has 0 aliphatic rings. The predicted molar refractivity (Wildman–Crippen MR) is 137 cm³/mol. The van der Waals surface area contributed by atoms with Crippen molar-refractivity contribution in [2.45, 2.75) is 12.8 Å². The fraction of sp³-hybridized carbons (Fsp3) is 0.231. The van der Waals surface area contributed by atoms with Crippen molar-refractivity contribution in [3.05, 3.63) is 72.3 Å². The summed E-state index contributed by atoms with van der Waals surface area (Å²) in [5.74, 6) is -0.0833. The van der Waals surface area contributed by atoms with Gasteiger partial charge in [0.1, 0.15) is 23.1 Å². The molecule has 36 heavy (non-hydrogen) atoms. The number of hydrogen-bond acceptors (Lipinski definition) is 4. The zero-order valence-corrected chi connectivity index (χ0v) is 19.7. The van der Waals surface area contributed by atoms with Gasteiger partial charge in [0.15, 0.2) is 11.9 Å². The van der Waals surface area contributed by atoms with Gasteiger partial charge >= 0.3 is 0 Å². The molecule has 0 saturated carbocycles. The molecule has 3 aromatic rings. The van der Waals surface area contributed by atoms with E-state index in [1.165, 1.54) is 24.3 Å². The third-order valence-corrected chi connectivity index (χ3v) is 5.14. The molecule has 3 aromatic carbocycles. The Morgan fingerprint density at radius 1 is 0.694 bits per heavy atom. The van der Waals surface area contributed by atoms with E-state index in [-0.39, 0.29) is 11.9 Å². The third-order valence-electron chi connectivity index (χ3n) is 5.14. The molecule has 8 nitrogen and oxygen atoms in total. The first-order valence-corrected chi connectivity index (χ1v) is 11.4. The van der Waals surface area contributed by atoms with Gasteiger partial charge in [-0.2, -0.15) is 0 Å². The molecule has 10 heteroatoms. The van der Waals surface area contributed by atoms with Crippen LogP contribution in [0.15, 0.2) is 60.7 Å². The van der Waals surface area contributed by atoms with Crippen LogP contribution in [0.5, 0.6) is 11.5 Å². The van der Waals surface area contributed by atoms with E-state index < -0.39 is 11.6 Å². The van der Waals surface area contributed by atoms with E-state index in [2.05, 4.69) is 10.6 Å². The molecule has 0 fully saturated rings. The van der Waals surface area contributed by atoms with Crippen LogP contribution in [0.1, 0.15) is 12.8 Å². The Morgan fingerprint density at radius 2 is 1.14 bits per heavy atom. The summed E-state index contributed by atoms with van der Waals surface area (Å²) in [7, 11) is 0.